The number of anilines is 1. The first-order valence-corrected chi connectivity index (χ1v) is 11.2. The van der Waals surface area contributed by atoms with Gasteiger partial charge >= 0.3 is 0 Å². The van der Waals surface area contributed by atoms with Gasteiger partial charge in [0.05, 0.1) is 17.8 Å². The SMILES string of the molecule is Cc1ccc(-n2nnnc2SCc2csc(CC(=O)Nc3ccccc3C)n2)cc1. The third kappa shape index (κ3) is 4.92. The number of nitrogens with one attached hydrogen (secondary N) is 1. The molecule has 0 saturated carbocycles. The summed E-state index contributed by atoms with van der Waals surface area (Å²) in [6.07, 6.45) is 0.255. The van der Waals surface area contributed by atoms with E-state index < -0.39 is 0 Å². The van der Waals surface area contributed by atoms with Crippen LogP contribution < -0.4 is 5.32 Å². The Balaban J connectivity index is 1.35. The maximum absolute atomic E-state index is 12.3. The topological polar surface area (TPSA) is 85.6 Å². The van der Waals surface area contributed by atoms with E-state index in [0.29, 0.717) is 10.9 Å². The number of para-hydroxylation sites is 1. The summed E-state index contributed by atoms with van der Waals surface area (Å²) in [4.78, 5) is 16.9. The quantitative estimate of drug-likeness (QED) is 0.437. The van der Waals surface area contributed by atoms with Crippen LogP contribution in [0.1, 0.15) is 21.8 Å². The molecular weight excluding hydrogens is 416 g/mol. The van der Waals surface area contributed by atoms with Gasteiger partial charge in [-0.15, -0.1) is 16.4 Å². The predicted molar refractivity (Wildman–Crippen MR) is 119 cm³/mol. The predicted octanol–water partition coefficient (Wildman–Crippen LogP) is 4.21. The molecule has 0 bridgehead atoms. The highest BCUT2D eigenvalue weighted by Gasteiger charge is 2.12. The molecule has 0 aliphatic rings. The van der Waals surface area contributed by atoms with Crippen molar-refractivity contribution >= 4 is 34.7 Å². The van der Waals surface area contributed by atoms with Crippen LogP contribution in [-0.2, 0) is 17.0 Å². The third-order valence-electron chi connectivity index (χ3n) is 4.40. The zero-order chi connectivity index (χ0) is 20.9. The molecule has 0 spiro atoms. The van der Waals surface area contributed by atoms with Crippen molar-refractivity contribution in [3.63, 3.8) is 0 Å². The summed E-state index contributed by atoms with van der Waals surface area (Å²) in [5, 5.41) is 18.4. The summed E-state index contributed by atoms with van der Waals surface area (Å²) in [6, 6.07) is 15.8. The number of thiazole rings is 1. The third-order valence-corrected chi connectivity index (χ3v) is 6.25. The zero-order valence-corrected chi connectivity index (χ0v) is 18.2. The normalized spacial score (nSPS) is 10.9. The highest BCUT2D eigenvalue weighted by Crippen LogP contribution is 2.24. The average molecular weight is 437 g/mol. The molecule has 0 atom stereocenters. The molecule has 0 saturated heterocycles. The van der Waals surface area contributed by atoms with Gasteiger partial charge in [0.1, 0.15) is 5.01 Å². The van der Waals surface area contributed by atoms with E-state index >= 15 is 0 Å². The Labute approximate surface area is 182 Å². The molecule has 0 fully saturated rings. The van der Waals surface area contributed by atoms with Crippen LogP contribution >= 0.6 is 23.1 Å². The molecular formula is C21H20N6OS2. The van der Waals surface area contributed by atoms with Crippen LogP contribution in [0.2, 0.25) is 0 Å². The number of hydrogen-bond acceptors (Lipinski definition) is 7. The molecule has 0 aliphatic heterocycles. The summed E-state index contributed by atoms with van der Waals surface area (Å²) in [5.74, 6) is 0.559. The summed E-state index contributed by atoms with van der Waals surface area (Å²) in [5.41, 5.74) is 4.87. The number of carbonyl (C=O) groups excluding carboxylic acids is 1. The van der Waals surface area contributed by atoms with Crippen molar-refractivity contribution in [2.45, 2.75) is 31.2 Å². The molecule has 2 aromatic carbocycles. The number of benzene rings is 2. The Morgan fingerprint density at radius 1 is 1.13 bits per heavy atom. The Morgan fingerprint density at radius 2 is 1.93 bits per heavy atom. The van der Waals surface area contributed by atoms with E-state index in [2.05, 4.69) is 25.8 Å². The highest BCUT2D eigenvalue weighted by atomic mass is 32.2. The van der Waals surface area contributed by atoms with E-state index in [9.17, 15) is 4.79 Å². The second kappa shape index (κ2) is 9.19. The van der Waals surface area contributed by atoms with Crippen molar-refractivity contribution in [1.82, 2.24) is 25.2 Å². The molecule has 4 aromatic rings. The number of aromatic nitrogens is 5. The second-order valence-electron chi connectivity index (χ2n) is 6.77. The van der Waals surface area contributed by atoms with Crippen LogP contribution in [0.25, 0.3) is 5.69 Å². The number of carbonyl (C=O) groups is 1. The molecule has 1 N–H and O–H groups in total. The maximum atomic E-state index is 12.3. The largest absolute Gasteiger partial charge is 0.325 e. The van der Waals surface area contributed by atoms with Crippen molar-refractivity contribution in [3.05, 3.63) is 75.7 Å². The number of thioether (sulfide) groups is 1. The van der Waals surface area contributed by atoms with Gasteiger partial charge in [0.15, 0.2) is 0 Å². The summed E-state index contributed by atoms with van der Waals surface area (Å²) >= 11 is 3.00. The maximum Gasteiger partial charge on any atom is 0.231 e. The van der Waals surface area contributed by atoms with Crippen molar-refractivity contribution in [3.8, 4) is 5.69 Å². The molecule has 0 aliphatic carbocycles. The van der Waals surface area contributed by atoms with Crippen LogP contribution in [0.3, 0.4) is 0 Å². The fourth-order valence-electron chi connectivity index (χ4n) is 2.80. The first kappa shape index (κ1) is 20.2. The lowest BCUT2D eigenvalue weighted by Gasteiger charge is -2.06. The minimum Gasteiger partial charge on any atom is -0.325 e. The molecule has 9 heteroatoms. The Kier molecular flexibility index (Phi) is 6.20. The number of nitrogens with zero attached hydrogens (tertiary/aromatic N) is 5. The van der Waals surface area contributed by atoms with Crippen molar-refractivity contribution in [1.29, 1.82) is 0 Å². The van der Waals surface area contributed by atoms with Crippen LogP contribution in [0.5, 0.6) is 0 Å². The fourth-order valence-corrected chi connectivity index (χ4v) is 4.48. The van der Waals surface area contributed by atoms with Gasteiger partial charge in [0.25, 0.3) is 0 Å². The van der Waals surface area contributed by atoms with Crippen molar-refractivity contribution in [2.24, 2.45) is 0 Å². The van der Waals surface area contributed by atoms with E-state index in [0.717, 1.165) is 27.6 Å². The minimum absolute atomic E-state index is 0.0684. The Morgan fingerprint density at radius 3 is 2.73 bits per heavy atom. The van der Waals surface area contributed by atoms with Gasteiger partial charge in [-0.05, 0) is 48.0 Å². The van der Waals surface area contributed by atoms with Crippen LogP contribution in [0.15, 0.2) is 59.1 Å². The lowest BCUT2D eigenvalue weighted by molar-refractivity contribution is -0.115. The number of aryl methyl sites for hydroxylation is 2. The average Bonchev–Trinajstić information content (AvgIpc) is 3.38. The zero-order valence-electron chi connectivity index (χ0n) is 16.6. The van der Waals surface area contributed by atoms with E-state index in [1.807, 2.05) is 67.8 Å². The lowest BCUT2D eigenvalue weighted by atomic mass is 10.2. The number of amides is 1. The second-order valence-corrected chi connectivity index (χ2v) is 8.66. The fraction of sp³-hybridized carbons (Fsp3) is 0.190. The van der Waals surface area contributed by atoms with E-state index in [4.69, 9.17) is 0 Å². The summed E-state index contributed by atoms with van der Waals surface area (Å²) in [6.45, 7) is 4.01. The van der Waals surface area contributed by atoms with Gasteiger partial charge in [0.2, 0.25) is 11.1 Å². The standard InChI is InChI=1S/C21H20N6OS2/c1-14-7-9-17(10-8-14)27-21(24-25-26-27)30-13-16-12-29-20(22-16)11-19(28)23-18-6-4-3-5-15(18)2/h3-10,12H,11,13H2,1-2H3,(H,23,28). The van der Waals surface area contributed by atoms with E-state index in [1.165, 1.54) is 28.7 Å². The van der Waals surface area contributed by atoms with Gasteiger partial charge < -0.3 is 5.32 Å². The molecule has 1 amide bonds. The molecule has 0 unspecified atom stereocenters. The molecule has 30 heavy (non-hydrogen) atoms. The van der Waals surface area contributed by atoms with Crippen molar-refractivity contribution < 1.29 is 4.79 Å². The molecule has 0 radical (unpaired) electrons. The molecule has 4 rings (SSSR count). The van der Waals surface area contributed by atoms with Gasteiger partial charge in [-0.1, -0.05) is 47.7 Å². The van der Waals surface area contributed by atoms with Gasteiger partial charge in [-0.3, -0.25) is 4.79 Å². The molecule has 2 aromatic heterocycles. The monoisotopic (exact) mass is 436 g/mol. The van der Waals surface area contributed by atoms with Gasteiger partial charge in [0, 0.05) is 16.8 Å². The number of hydrogen-bond donors (Lipinski definition) is 1. The minimum atomic E-state index is -0.0684. The first-order chi connectivity index (χ1) is 14.6. The summed E-state index contributed by atoms with van der Waals surface area (Å²) < 4.78 is 1.72. The van der Waals surface area contributed by atoms with Crippen LogP contribution in [0, 0.1) is 13.8 Å². The smallest absolute Gasteiger partial charge is 0.231 e. The van der Waals surface area contributed by atoms with Crippen LogP contribution in [-0.4, -0.2) is 31.1 Å². The Bertz CT molecular complexity index is 1150. The molecule has 152 valence electrons. The van der Waals surface area contributed by atoms with Gasteiger partial charge in [-0.25, -0.2) is 4.98 Å². The van der Waals surface area contributed by atoms with E-state index in [1.54, 1.807) is 4.68 Å². The summed E-state index contributed by atoms with van der Waals surface area (Å²) in [7, 11) is 0. The van der Waals surface area contributed by atoms with Crippen molar-refractivity contribution in [2.75, 3.05) is 5.32 Å². The van der Waals surface area contributed by atoms with E-state index in [-0.39, 0.29) is 12.3 Å². The van der Waals surface area contributed by atoms with Gasteiger partial charge in [-0.2, -0.15) is 4.68 Å². The highest BCUT2D eigenvalue weighted by molar-refractivity contribution is 7.98. The number of rotatable bonds is 7. The molecule has 7 nitrogen and oxygen atoms in total. The Hall–Kier alpha value is -3.04. The van der Waals surface area contributed by atoms with Crippen LogP contribution in [0.4, 0.5) is 5.69 Å². The first-order valence-electron chi connectivity index (χ1n) is 9.35. The molecule has 2 heterocycles. The lowest BCUT2D eigenvalue weighted by Crippen LogP contribution is -2.15. The number of tetrazole rings is 1.